The van der Waals surface area contributed by atoms with E-state index in [-0.39, 0.29) is 17.5 Å². The maximum Gasteiger partial charge on any atom is 0.387 e. The van der Waals surface area contributed by atoms with E-state index in [4.69, 9.17) is 0 Å². The van der Waals surface area contributed by atoms with Gasteiger partial charge in [0.1, 0.15) is 5.75 Å². The highest BCUT2D eigenvalue weighted by molar-refractivity contribution is 7.99. The van der Waals surface area contributed by atoms with E-state index in [0.29, 0.717) is 23.1 Å². The van der Waals surface area contributed by atoms with E-state index in [0.717, 1.165) is 0 Å². The van der Waals surface area contributed by atoms with Crippen molar-refractivity contribution in [3.05, 3.63) is 36.9 Å². The summed E-state index contributed by atoms with van der Waals surface area (Å²) < 4.78 is 35.1. The minimum Gasteiger partial charge on any atom is -0.468 e. The third-order valence-electron chi connectivity index (χ3n) is 2.91. The predicted octanol–water partition coefficient (Wildman–Crippen LogP) is 3.00. The minimum absolute atomic E-state index is 0.0591. The summed E-state index contributed by atoms with van der Waals surface area (Å²) in [5.41, 5.74) is 0.677. The second-order valence-corrected chi connectivity index (χ2v) is 5.42. The minimum atomic E-state index is -2.87. The number of hydrogen-bond acceptors (Lipinski definition) is 6. The average molecular weight is 355 g/mol. The third-order valence-corrected chi connectivity index (χ3v) is 3.85. The summed E-state index contributed by atoms with van der Waals surface area (Å²) in [6, 6.07) is 6.07. The van der Waals surface area contributed by atoms with Gasteiger partial charge in [0.15, 0.2) is 11.0 Å². The van der Waals surface area contributed by atoms with Crippen molar-refractivity contribution in [3.8, 4) is 17.1 Å². The molecule has 1 aromatic heterocycles. The summed E-state index contributed by atoms with van der Waals surface area (Å²) in [7, 11) is 1.31. The highest BCUT2D eigenvalue weighted by Gasteiger charge is 2.15. The third kappa shape index (κ3) is 4.54. The molecule has 0 saturated heterocycles. The molecule has 0 aliphatic carbocycles. The van der Waals surface area contributed by atoms with Gasteiger partial charge in [0.05, 0.1) is 12.9 Å². The Balaban J connectivity index is 2.24. The number of benzene rings is 1. The first-order valence-electron chi connectivity index (χ1n) is 6.84. The number of rotatable bonds is 8. The molecule has 2 rings (SSSR count). The largest absolute Gasteiger partial charge is 0.468 e. The molecular formula is C15H15F2N3O3S. The Morgan fingerprint density at radius 2 is 2.08 bits per heavy atom. The zero-order valence-electron chi connectivity index (χ0n) is 12.8. The van der Waals surface area contributed by atoms with Crippen molar-refractivity contribution in [3.63, 3.8) is 0 Å². The van der Waals surface area contributed by atoms with Crippen molar-refractivity contribution in [1.29, 1.82) is 0 Å². The second kappa shape index (κ2) is 8.44. The van der Waals surface area contributed by atoms with E-state index < -0.39 is 6.61 Å². The number of carbonyl (C=O) groups is 1. The van der Waals surface area contributed by atoms with Gasteiger partial charge in [0.25, 0.3) is 0 Å². The molecule has 0 bridgehead atoms. The smallest absolute Gasteiger partial charge is 0.387 e. The van der Waals surface area contributed by atoms with Crippen molar-refractivity contribution in [2.45, 2.75) is 18.3 Å². The van der Waals surface area contributed by atoms with Gasteiger partial charge in [-0.15, -0.1) is 16.8 Å². The first-order chi connectivity index (χ1) is 11.5. The Morgan fingerprint density at radius 1 is 1.38 bits per heavy atom. The SMILES string of the molecule is C=CCn1c(SCC(=O)OC)nnc1-c1ccc(OC(F)F)cc1. The molecule has 1 aromatic carbocycles. The van der Waals surface area contributed by atoms with E-state index in [1.54, 1.807) is 22.8 Å². The van der Waals surface area contributed by atoms with Crippen LogP contribution < -0.4 is 4.74 Å². The molecule has 0 N–H and O–H groups in total. The van der Waals surface area contributed by atoms with Gasteiger partial charge < -0.3 is 9.47 Å². The van der Waals surface area contributed by atoms with Crippen LogP contribution in [0.1, 0.15) is 0 Å². The lowest BCUT2D eigenvalue weighted by atomic mass is 10.2. The Kier molecular flexibility index (Phi) is 6.30. The molecule has 128 valence electrons. The van der Waals surface area contributed by atoms with Crippen molar-refractivity contribution in [2.24, 2.45) is 0 Å². The van der Waals surface area contributed by atoms with Crippen LogP contribution in [-0.4, -0.2) is 40.2 Å². The second-order valence-electron chi connectivity index (χ2n) is 4.47. The van der Waals surface area contributed by atoms with Crippen LogP contribution in [0.25, 0.3) is 11.4 Å². The predicted molar refractivity (Wildman–Crippen MR) is 85.0 cm³/mol. The van der Waals surface area contributed by atoms with Crippen LogP contribution in [0.2, 0.25) is 0 Å². The standard InChI is InChI=1S/C15H15F2N3O3S/c1-3-8-20-13(18-19-15(20)24-9-12(21)22-2)10-4-6-11(7-5-10)23-14(16)17/h3-7,14H,1,8-9H2,2H3. The highest BCUT2D eigenvalue weighted by Crippen LogP contribution is 2.26. The fourth-order valence-electron chi connectivity index (χ4n) is 1.87. The van der Waals surface area contributed by atoms with Gasteiger partial charge in [-0.25, -0.2) is 0 Å². The van der Waals surface area contributed by atoms with E-state index in [1.807, 2.05) is 0 Å². The lowest BCUT2D eigenvalue weighted by molar-refractivity contribution is -0.137. The number of hydrogen-bond donors (Lipinski definition) is 0. The first kappa shape index (κ1) is 17.9. The fourth-order valence-corrected chi connectivity index (χ4v) is 2.65. The van der Waals surface area contributed by atoms with Gasteiger partial charge in [-0.3, -0.25) is 9.36 Å². The quantitative estimate of drug-likeness (QED) is 0.412. The van der Waals surface area contributed by atoms with Crippen LogP contribution >= 0.6 is 11.8 Å². The van der Waals surface area contributed by atoms with E-state index in [1.165, 1.54) is 31.0 Å². The van der Waals surface area contributed by atoms with Gasteiger partial charge in [-0.05, 0) is 24.3 Å². The Morgan fingerprint density at radius 3 is 2.67 bits per heavy atom. The van der Waals surface area contributed by atoms with E-state index in [9.17, 15) is 13.6 Å². The van der Waals surface area contributed by atoms with Crippen molar-refractivity contribution in [1.82, 2.24) is 14.8 Å². The Labute approximate surface area is 141 Å². The van der Waals surface area contributed by atoms with Crippen LogP contribution in [0, 0.1) is 0 Å². The molecule has 0 unspecified atom stereocenters. The topological polar surface area (TPSA) is 66.2 Å². The molecule has 9 heteroatoms. The van der Waals surface area contributed by atoms with Gasteiger partial charge in [0, 0.05) is 12.1 Å². The number of halogens is 2. The number of methoxy groups -OCH3 is 1. The molecule has 6 nitrogen and oxygen atoms in total. The van der Waals surface area contributed by atoms with Gasteiger partial charge in [-0.1, -0.05) is 17.8 Å². The lowest BCUT2D eigenvalue weighted by Crippen LogP contribution is -2.06. The van der Waals surface area contributed by atoms with Crippen molar-refractivity contribution in [2.75, 3.05) is 12.9 Å². The molecule has 0 amide bonds. The number of esters is 1. The number of alkyl halides is 2. The van der Waals surface area contributed by atoms with Crippen molar-refractivity contribution >= 4 is 17.7 Å². The number of thioether (sulfide) groups is 1. The summed E-state index contributed by atoms with van der Waals surface area (Å²) in [4.78, 5) is 11.3. The number of carbonyl (C=O) groups excluding carboxylic acids is 1. The van der Waals surface area contributed by atoms with Gasteiger partial charge >= 0.3 is 12.6 Å². The summed E-state index contributed by atoms with van der Waals surface area (Å²) in [6.07, 6.45) is 1.67. The molecule has 24 heavy (non-hydrogen) atoms. The molecule has 0 aliphatic rings. The monoisotopic (exact) mass is 355 g/mol. The highest BCUT2D eigenvalue weighted by atomic mass is 32.2. The molecular weight excluding hydrogens is 340 g/mol. The molecule has 0 atom stereocenters. The van der Waals surface area contributed by atoms with Crippen LogP contribution in [0.15, 0.2) is 42.1 Å². The van der Waals surface area contributed by atoms with Crippen LogP contribution in [-0.2, 0) is 16.1 Å². The van der Waals surface area contributed by atoms with Gasteiger partial charge in [0.2, 0.25) is 0 Å². The molecule has 1 heterocycles. The maximum absolute atomic E-state index is 12.2. The molecule has 0 saturated carbocycles. The van der Waals surface area contributed by atoms with Crippen LogP contribution in [0.5, 0.6) is 5.75 Å². The number of ether oxygens (including phenoxy) is 2. The zero-order chi connectivity index (χ0) is 17.5. The fraction of sp³-hybridized carbons (Fsp3) is 0.267. The summed E-state index contributed by atoms with van der Waals surface area (Å²) in [5, 5.41) is 8.69. The summed E-state index contributed by atoms with van der Waals surface area (Å²) in [6.45, 7) is 1.25. The number of aromatic nitrogens is 3. The van der Waals surface area contributed by atoms with Gasteiger partial charge in [-0.2, -0.15) is 8.78 Å². The first-order valence-corrected chi connectivity index (χ1v) is 7.82. The molecule has 2 aromatic rings. The van der Waals surface area contributed by atoms with Crippen molar-refractivity contribution < 1.29 is 23.0 Å². The number of nitrogens with zero attached hydrogens (tertiary/aromatic N) is 3. The molecule has 0 fully saturated rings. The Bertz CT molecular complexity index is 704. The average Bonchev–Trinajstić information content (AvgIpc) is 2.96. The molecule has 0 spiro atoms. The normalized spacial score (nSPS) is 10.7. The lowest BCUT2D eigenvalue weighted by Gasteiger charge is -2.08. The maximum atomic E-state index is 12.2. The molecule has 0 aliphatic heterocycles. The van der Waals surface area contributed by atoms with E-state index >= 15 is 0 Å². The van der Waals surface area contributed by atoms with Crippen LogP contribution in [0.4, 0.5) is 8.78 Å². The van der Waals surface area contributed by atoms with E-state index in [2.05, 4.69) is 26.3 Å². The Hall–Kier alpha value is -2.42. The van der Waals surface area contributed by atoms with Crippen LogP contribution in [0.3, 0.4) is 0 Å². The molecule has 0 radical (unpaired) electrons. The summed E-state index contributed by atoms with van der Waals surface area (Å²) >= 11 is 1.19. The zero-order valence-corrected chi connectivity index (χ0v) is 13.6. The number of allylic oxidation sites excluding steroid dienone is 1. The summed E-state index contributed by atoms with van der Waals surface area (Å²) in [5.74, 6) is 0.324.